The SMILES string of the molecule is CCOC12C([N+](=O)[O-])=C3N(Cc4ccc(Cl)nc4)CCN3C1(O)Cc1ccccc12. The summed E-state index contributed by atoms with van der Waals surface area (Å²) in [5.41, 5.74) is -0.767. The molecule has 1 saturated heterocycles. The molecule has 0 saturated carbocycles. The fraction of sp³-hybridized carbons (Fsp3) is 0.381. The first-order valence-electron chi connectivity index (χ1n) is 9.89. The van der Waals surface area contributed by atoms with Gasteiger partial charge in [-0.2, -0.15) is 0 Å². The molecule has 3 aliphatic rings. The first-order chi connectivity index (χ1) is 14.4. The minimum absolute atomic E-state index is 0.101. The third-order valence-corrected chi connectivity index (χ3v) is 6.47. The Morgan fingerprint density at radius 2 is 2.10 bits per heavy atom. The van der Waals surface area contributed by atoms with Gasteiger partial charge in [0.25, 0.3) is 0 Å². The van der Waals surface area contributed by atoms with Crippen molar-refractivity contribution in [1.82, 2.24) is 14.8 Å². The molecule has 8 nitrogen and oxygen atoms in total. The molecule has 0 bridgehead atoms. The van der Waals surface area contributed by atoms with Crippen LogP contribution in [-0.4, -0.2) is 50.2 Å². The monoisotopic (exact) mass is 428 g/mol. The van der Waals surface area contributed by atoms with Crippen LogP contribution in [0, 0.1) is 10.1 Å². The van der Waals surface area contributed by atoms with Gasteiger partial charge in [-0.05, 0) is 24.1 Å². The molecule has 0 amide bonds. The summed E-state index contributed by atoms with van der Waals surface area (Å²) in [7, 11) is 0. The molecule has 0 radical (unpaired) electrons. The molecular weight excluding hydrogens is 408 g/mol. The molecule has 2 aromatic rings. The Balaban J connectivity index is 1.68. The molecule has 5 rings (SSSR count). The Labute approximate surface area is 178 Å². The van der Waals surface area contributed by atoms with Gasteiger partial charge in [-0.25, -0.2) is 4.98 Å². The maximum atomic E-state index is 12.4. The second kappa shape index (κ2) is 6.66. The second-order valence-electron chi connectivity index (χ2n) is 7.76. The van der Waals surface area contributed by atoms with Gasteiger partial charge in [-0.3, -0.25) is 10.1 Å². The molecule has 9 heteroatoms. The van der Waals surface area contributed by atoms with Gasteiger partial charge in [-0.15, -0.1) is 0 Å². The number of aromatic nitrogens is 1. The zero-order chi connectivity index (χ0) is 21.1. The summed E-state index contributed by atoms with van der Waals surface area (Å²) in [6.07, 6.45) is 1.93. The van der Waals surface area contributed by atoms with Crippen LogP contribution in [-0.2, 0) is 23.3 Å². The topological polar surface area (TPSA) is 92.0 Å². The van der Waals surface area contributed by atoms with E-state index in [1.165, 1.54) is 0 Å². The van der Waals surface area contributed by atoms with Crippen molar-refractivity contribution >= 4 is 11.6 Å². The number of nitro groups is 1. The Kier molecular flexibility index (Phi) is 4.29. The Bertz CT molecular complexity index is 1060. The number of halogens is 1. The first-order valence-corrected chi connectivity index (χ1v) is 10.3. The van der Waals surface area contributed by atoms with Crippen LogP contribution in [0.25, 0.3) is 0 Å². The van der Waals surface area contributed by atoms with Crippen LogP contribution in [0.5, 0.6) is 0 Å². The maximum absolute atomic E-state index is 12.4. The summed E-state index contributed by atoms with van der Waals surface area (Å²) in [6, 6.07) is 11.0. The van der Waals surface area contributed by atoms with Gasteiger partial charge >= 0.3 is 5.70 Å². The van der Waals surface area contributed by atoms with Crippen LogP contribution >= 0.6 is 11.6 Å². The van der Waals surface area contributed by atoms with Gasteiger partial charge in [0.1, 0.15) is 5.15 Å². The van der Waals surface area contributed by atoms with Gasteiger partial charge < -0.3 is 19.6 Å². The fourth-order valence-electron chi connectivity index (χ4n) is 5.19. The molecule has 1 aliphatic carbocycles. The normalized spacial score (nSPS) is 26.8. The van der Waals surface area contributed by atoms with Gasteiger partial charge in [-0.1, -0.05) is 41.9 Å². The number of hydrogen-bond donors (Lipinski definition) is 1. The van der Waals surface area contributed by atoms with Crippen LogP contribution in [0.1, 0.15) is 23.6 Å². The average Bonchev–Trinajstić information content (AvgIpc) is 3.29. The number of ether oxygens (including phenoxy) is 1. The maximum Gasteiger partial charge on any atom is 0.327 e. The molecule has 0 spiro atoms. The van der Waals surface area contributed by atoms with Gasteiger partial charge in [0.2, 0.25) is 5.60 Å². The van der Waals surface area contributed by atoms with E-state index in [0.29, 0.717) is 36.2 Å². The summed E-state index contributed by atoms with van der Waals surface area (Å²) < 4.78 is 6.12. The lowest BCUT2D eigenvalue weighted by molar-refractivity contribution is -0.454. The molecule has 2 atom stereocenters. The molecule has 1 aromatic carbocycles. The average molecular weight is 429 g/mol. The van der Waals surface area contributed by atoms with E-state index in [0.717, 1.165) is 11.1 Å². The Morgan fingerprint density at radius 1 is 1.30 bits per heavy atom. The number of nitrogens with zero attached hydrogens (tertiary/aromatic N) is 4. The lowest BCUT2D eigenvalue weighted by atomic mass is 9.87. The van der Waals surface area contributed by atoms with Crippen molar-refractivity contribution in [3.63, 3.8) is 0 Å². The van der Waals surface area contributed by atoms with Crippen molar-refractivity contribution in [3.8, 4) is 0 Å². The van der Waals surface area contributed by atoms with Crippen LogP contribution in [0.2, 0.25) is 5.15 Å². The Morgan fingerprint density at radius 3 is 2.80 bits per heavy atom. The van der Waals surface area contributed by atoms with E-state index in [9.17, 15) is 15.2 Å². The molecule has 1 fully saturated rings. The number of hydrogen-bond acceptors (Lipinski definition) is 7. The molecule has 3 heterocycles. The number of fused-ring (bicyclic) bond motifs is 5. The summed E-state index contributed by atoms with van der Waals surface area (Å²) >= 11 is 5.88. The molecule has 1 N–H and O–H groups in total. The summed E-state index contributed by atoms with van der Waals surface area (Å²) in [5, 5.41) is 24.8. The predicted molar refractivity (Wildman–Crippen MR) is 109 cm³/mol. The molecule has 156 valence electrons. The highest BCUT2D eigenvalue weighted by Gasteiger charge is 2.75. The third-order valence-electron chi connectivity index (χ3n) is 6.24. The molecular formula is C21H21ClN4O4. The van der Waals surface area contributed by atoms with Crippen LogP contribution in [0.15, 0.2) is 54.1 Å². The highest BCUT2D eigenvalue weighted by atomic mass is 35.5. The number of aliphatic hydroxyl groups is 1. The van der Waals surface area contributed by atoms with Crippen molar-refractivity contribution in [2.45, 2.75) is 31.2 Å². The lowest BCUT2D eigenvalue weighted by Crippen LogP contribution is -2.57. The molecule has 2 unspecified atom stereocenters. The number of benzene rings is 1. The van der Waals surface area contributed by atoms with E-state index in [1.54, 1.807) is 24.1 Å². The fourth-order valence-corrected chi connectivity index (χ4v) is 5.30. The molecule has 1 aromatic heterocycles. The third kappa shape index (κ3) is 2.38. The summed E-state index contributed by atoms with van der Waals surface area (Å²) in [5.74, 6) is 0.417. The van der Waals surface area contributed by atoms with Crippen LogP contribution in [0.3, 0.4) is 0 Å². The lowest BCUT2D eigenvalue weighted by Gasteiger charge is -2.39. The zero-order valence-electron chi connectivity index (χ0n) is 16.4. The standard InChI is InChI=1S/C21H21ClN4O4/c1-2-30-21-16-6-4-3-5-15(16)11-20(21,27)25-10-9-24(19(25)18(21)26(28)29)13-14-7-8-17(22)23-12-14/h3-8,12,27H,2,9-11,13H2,1H3. The second-order valence-corrected chi connectivity index (χ2v) is 8.14. The quantitative estimate of drug-likeness (QED) is 0.444. The summed E-state index contributed by atoms with van der Waals surface area (Å²) in [4.78, 5) is 19.8. The first kappa shape index (κ1) is 19.3. The largest absolute Gasteiger partial charge is 0.367 e. The Hall–Kier alpha value is -2.68. The molecule has 2 aliphatic heterocycles. The van der Waals surface area contributed by atoms with Crippen LogP contribution < -0.4 is 0 Å². The van der Waals surface area contributed by atoms with Crippen molar-refractivity contribution in [2.75, 3.05) is 19.7 Å². The number of rotatable bonds is 5. The highest BCUT2D eigenvalue weighted by molar-refractivity contribution is 6.29. The van der Waals surface area contributed by atoms with Crippen molar-refractivity contribution in [3.05, 3.63) is 86.1 Å². The predicted octanol–water partition coefficient (Wildman–Crippen LogP) is 2.49. The number of pyridine rings is 1. The van der Waals surface area contributed by atoms with Crippen molar-refractivity contribution in [2.24, 2.45) is 0 Å². The van der Waals surface area contributed by atoms with Crippen molar-refractivity contribution in [1.29, 1.82) is 0 Å². The van der Waals surface area contributed by atoms with Gasteiger partial charge in [0.05, 0.1) is 4.92 Å². The zero-order valence-corrected chi connectivity index (χ0v) is 17.2. The van der Waals surface area contributed by atoms with E-state index in [-0.39, 0.29) is 18.7 Å². The molecule has 30 heavy (non-hydrogen) atoms. The van der Waals surface area contributed by atoms with E-state index in [2.05, 4.69) is 4.98 Å². The van der Waals surface area contributed by atoms with E-state index < -0.39 is 16.2 Å². The van der Waals surface area contributed by atoms with E-state index in [1.807, 2.05) is 35.2 Å². The van der Waals surface area contributed by atoms with Gasteiger partial charge in [0, 0.05) is 44.4 Å². The van der Waals surface area contributed by atoms with E-state index in [4.69, 9.17) is 16.3 Å². The van der Waals surface area contributed by atoms with Crippen LogP contribution in [0.4, 0.5) is 0 Å². The van der Waals surface area contributed by atoms with Gasteiger partial charge in [0.15, 0.2) is 11.5 Å². The minimum atomic E-state index is -1.54. The smallest absolute Gasteiger partial charge is 0.327 e. The summed E-state index contributed by atoms with van der Waals surface area (Å²) in [6.45, 7) is 3.46. The van der Waals surface area contributed by atoms with E-state index >= 15 is 0 Å². The minimum Gasteiger partial charge on any atom is -0.367 e. The highest BCUT2D eigenvalue weighted by Crippen LogP contribution is 2.60. The van der Waals surface area contributed by atoms with Crippen molar-refractivity contribution < 1.29 is 14.8 Å².